The Labute approximate surface area is 136 Å². The molecule has 0 aliphatic carbocycles. The molecule has 23 heavy (non-hydrogen) atoms. The van der Waals surface area contributed by atoms with Crippen LogP contribution >= 0.6 is 0 Å². The molecule has 1 rings (SSSR count). The number of benzene rings is 1. The number of alkyl carbamates (subject to hydrolysis) is 1. The number of hydrogen-bond acceptors (Lipinski definition) is 5. The highest BCUT2D eigenvalue weighted by atomic mass is 16.6. The van der Waals surface area contributed by atoms with Crippen molar-refractivity contribution in [2.75, 3.05) is 20.2 Å². The van der Waals surface area contributed by atoms with Crippen molar-refractivity contribution in [2.45, 2.75) is 32.8 Å². The van der Waals surface area contributed by atoms with Crippen molar-refractivity contribution in [3.8, 4) is 11.5 Å². The molecule has 0 radical (unpaired) electrons. The second kappa shape index (κ2) is 8.26. The van der Waals surface area contributed by atoms with E-state index < -0.39 is 11.7 Å². The number of methoxy groups -OCH3 is 1. The monoisotopic (exact) mass is 324 g/mol. The molecule has 0 atom stereocenters. The summed E-state index contributed by atoms with van der Waals surface area (Å²) in [6.45, 7) is 5.86. The fraction of sp³-hybridized carbons (Fsp3) is 0.500. The highest BCUT2D eigenvalue weighted by Gasteiger charge is 2.15. The minimum absolute atomic E-state index is 0.0696. The minimum Gasteiger partial charge on any atom is -0.508 e. The molecular weight excluding hydrogens is 300 g/mol. The first kappa shape index (κ1) is 18.6. The summed E-state index contributed by atoms with van der Waals surface area (Å²) in [5.41, 5.74) is 0.0317. The summed E-state index contributed by atoms with van der Waals surface area (Å²) in [6.07, 6.45) is -0.453. The van der Waals surface area contributed by atoms with Crippen molar-refractivity contribution in [1.82, 2.24) is 10.6 Å². The maximum atomic E-state index is 11.9. The minimum atomic E-state index is -0.556. The first-order chi connectivity index (χ1) is 10.7. The van der Waals surface area contributed by atoms with E-state index in [9.17, 15) is 14.7 Å². The molecule has 1 aromatic rings. The molecule has 3 N–H and O–H groups in total. The van der Waals surface area contributed by atoms with E-state index in [4.69, 9.17) is 9.47 Å². The van der Waals surface area contributed by atoms with Crippen LogP contribution in [0.3, 0.4) is 0 Å². The Bertz CT molecular complexity index is 552. The van der Waals surface area contributed by atoms with E-state index in [2.05, 4.69) is 10.6 Å². The highest BCUT2D eigenvalue weighted by molar-refractivity contribution is 5.79. The number of rotatable bonds is 6. The summed E-state index contributed by atoms with van der Waals surface area (Å²) in [6, 6.07) is 4.57. The van der Waals surface area contributed by atoms with Gasteiger partial charge in [0.25, 0.3) is 0 Å². The zero-order valence-electron chi connectivity index (χ0n) is 13.9. The fourth-order valence-electron chi connectivity index (χ4n) is 1.82. The van der Waals surface area contributed by atoms with E-state index in [1.165, 1.54) is 19.2 Å². The summed E-state index contributed by atoms with van der Waals surface area (Å²) in [5.74, 6) is 0.366. The summed E-state index contributed by atoms with van der Waals surface area (Å²) in [5, 5.41) is 14.7. The average molecular weight is 324 g/mol. The predicted octanol–water partition coefficient (Wildman–Crippen LogP) is 1.58. The molecule has 0 heterocycles. The van der Waals surface area contributed by atoms with Gasteiger partial charge in [-0.3, -0.25) is 4.79 Å². The number of nitrogens with one attached hydrogen (secondary N) is 2. The lowest BCUT2D eigenvalue weighted by Gasteiger charge is -2.19. The number of carbonyl (C=O) groups is 2. The second-order valence-electron chi connectivity index (χ2n) is 5.95. The van der Waals surface area contributed by atoms with Gasteiger partial charge >= 0.3 is 6.09 Å². The second-order valence-corrected chi connectivity index (χ2v) is 5.95. The number of phenols is 1. The number of aromatic hydroxyl groups is 1. The van der Waals surface area contributed by atoms with Crippen LogP contribution in [0.25, 0.3) is 0 Å². The molecule has 0 fully saturated rings. The zero-order valence-corrected chi connectivity index (χ0v) is 13.9. The van der Waals surface area contributed by atoms with Crippen molar-refractivity contribution >= 4 is 12.0 Å². The van der Waals surface area contributed by atoms with Gasteiger partial charge in [0, 0.05) is 18.7 Å². The van der Waals surface area contributed by atoms with Gasteiger partial charge in [-0.2, -0.15) is 0 Å². The quantitative estimate of drug-likeness (QED) is 0.690. The van der Waals surface area contributed by atoms with Gasteiger partial charge in [-0.25, -0.2) is 4.79 Å². The molecule has 0 saturated carbocycles. The third-order valence-corrected chi connectivity index (χ3v) is 2.73. The smallest absolute Gasteiger partial charge is 0.407 e. The van der Waals surface area contributed by atoms with Crippen LogP contribution in [0.2, 0.25) is 0 Å². The molecule has 0 spiro atoms. The lowest BCUT2D eigenvalue weighted by atomic mass is 10.1. The van der Waals surface area contributed by atoms with E-state index in [-0.39, 0.29) is 31.2 Å². The maximum Gasteiger partial charge on any atom is 0.407 e. The summed E-state index contributed by atoms with van der Waals surface area (Å²) < 4.78 is 10.2. The largest absolute Gasteiger partial charge is 0.508 e. The van der Waals surface area contributed by atoms with Crippen LogP contribution in [0.5, 0.6) is 11.5 Å². The van der Waals surface area contributed by atoms with Crippen LogP contribution in [0.15, 0.2) is 18.2 Å². The molecule has 0 aromatic heterocycles. The van der Waals surface area contributed by atoms with E-state index in [0.717, 1.165) is 0 Å². The van der Waals surface area contributed by atoms with Crippen molar-refractivity contribution in [3.63, 3.8) is 0 Å². The van der Waals surface area contributed by atoms with Gasteiger partial charge in [0.05, 0.1) is 13.5 Å². The van der Waals surface area contributed by atoms with Gasteiger partial charge in [-0.05, 0) is 39.0 Å². The molecule has 7 heteroatoms. The van der Waals surface area contributed by atoms with Crippen LogP contribution < -0.4 is 15.4 Å². The Morgan fingerprint density at radius 2 is 1.83 bits per heavy atom. The summed E-state index contributed by atoms with van der Waals surface area (Å²) in [4.78, 5) is 23.3. The Balaban J connectivity index is 2.35. The topological polar surface area (TPSA) is 96.9 Å². The first-order valence-corrected chi connectivity index (χ1v) is 7.30. The SMILES string of the molecule is COc1ccc(O)cc1CC(=O)NCCNC(=O)OC(C)(C)C. The Morgan fingerprint density at radius 3 is 2.43 bits per heavy atom. The van der Waals surface area contributed by atoms with Crippen molar-refractivity contribution in [1.29, 1.82) is 0 Å². The Kier molecular flexibility index (Phi) is 6.68. The van der Waals surface area contributed by atoms with Crippen LogP contribution in [0, 0.1) is 0 Å². The summed E-state index contributed by atoms with van der Waals surface area (Å²) in [7, 11) is 1.50. The molecule has 0 unspecified atom stereocenters. The molecule has 0 saturated heterocycles. The van der Waals surface area contributed by atoms with Gasteiger partial charge in [0.1, 0.15) is 17.1 Å². The fourth-order valence-corrected chi connectivity index (χ4v) is 1.82. The van der Waals surface area contributed by atoms with E-state index in [0.29, 0.717) is 11.3 Å². The van der Waals surface area contributed by atoms with E-state index in [1.54, 1.807) is 26.8 Å². The number of hydrogen-bond donors (Lipinski definition) is 3. The van der Waals surface area contributed by atoms with Crippen LogP contribution in [0.1, 0.15) is 26.3 Å². The number of amides is 2. The van der Waals surface area contributed by atoms with Crippen LogP contribution in [0.4, 0.5) is 4.79 Å². The lowest BCUT2D eigenvalue weighted by Crippen LogP contribution is -2.38. The first-order valence-electron chi connectivity index (χ1n) is 7.30. The van der Waals surface area contributed by atoms with Crippen molar-refractivity contribution < 1.29 is 24.2 Å². The number of phenolic OH excluding ortho intramolecular Hbond substituents is 1. The predicted molar refractivity (Wildman–Crippen MR) is 85.6 cm³/mol. The van der Waals surface area contributed by atoms with Crippen LogP contribution in [-0.4, -0.2) is 42.9 Å². The molecule has 0 aliphatic rings. The van der Waals surface area contributed by atoms with Gasteiger partial charge < -0.3 is 25.2 Å². The Hall–Kier alpha value is -2.44. The zero-order chi connectivity index (χ0) is 17.5. The van der Waals surface area contributed by atoms with E-state index in [1.807, 2.05) is 0 Å². The van der Waals surface area contributed by atoms with Gasteiger partial charge in [-0.15, -0.1) is 0 Å². The maximum absolute atomic E-state index is 11.9. The molecule has 2 amide bonds. The molecule has 128 valence electrons. The van der Waals surface area contributed by atoms with Crippen molar-refractivity contribution in [2.24, 2.45) is 0 Å². The van der Waals surface area contributed by atoms with E-state index >= 15 is 0 Å². The van der Waals surface area contributed by atoms with Crippen LogP contribution in [-0.2, 0) is 16.0 Å². The third kappa shape index (κ3) is 7.39. The molecule has 0 bridgehead atoms. The molecule has 0 aliphatic heterocycles. The molecule has 1 aromatic carbocycles. The Morgan fingerprint density at radius 1 is 1.17 bits per heavy atom. The van der Waals surface area contributed by atoms with Gasteiger partial charge in [0.15, 0.2) is 0 Å². The van der Waals surface area contributed by atoms with Gasteiger partial charge in [0.2, 0.25) is 5.91 Å². The summed E-state index contributed by atoms with van der Waals surface area (Å²) >= 11 is 0. The number of ether oxygens (including phenoxy) is 2. The highest BCUT2D eigenvalue weighted by Crippen LogP contribution is 2.23. The lowest BCUT2D eigenvalue weighted by molar-refractivity contribution is -0.120. The number of carbonyl (C=O) groups excluding carboxylic acids is 2. The normalized spacial score (nSPS) is 10.8. The third-order valence-electron chi connectivity index (χ3n) is 2.73. The van der Waals surface area contributed by atoms with Crippen molar-refractivity contribution in [3.05, 3.63) is 23.8 Å². The molecular formula is C16H24N2O5. The molecule has 7 nitrogen and oxygen atoms in total. The van der Waals surface area contributed by atoms with Gasteiger partial charge in [-0.1, -0.05) is 0 Å². The average Bonchev–Trinajstić information content (AvgIpc) is 2.42. The standard InChI is InChI=1S/C16H24N2O5/c1-16(2,3)23-15(21)18-8-7-17-14(20)10-11-9-12(19)5-6-13(11)22-4/h5-6,9,19H,7-8,10H2,1-4H3,(H,17,20)(H,18,21).